The van der Waals surface area contributed by atoms with Gasteiger partial charge in [-0.3, -0.25) is 4.98 Å². The van der Waals surface area contributed by atoms with E-state index in [1.165, 1.54) is 5.56 Å². The molecule has 2 heteroatoms. The average Bonchev–Trinajstić information content (AvgIpc) is 2.04. The third-order valence-corrected chi connectivity index (χ3v) is 1.64. The molecule has 0 spiro atoms. The Bertz CT molecular complexity index is 203. The fourth-order valence-electron chi connectivity index (χ4n) is 0.916. The summed E-state index contributed by atoms with van der Waals surface area (Å²) in [7, 11) is 1.96. The fourth-order valence-corrected chi connectivity index (χ4v) is 0.916. The highest BCUT2D eigenvalue weighted by Crippen LogP contribution is 1.98. The number of pyridine rings is 1. The van der Waals surface area contributed by atoms with Gasteiger partial charge in [-0.2, -0.15) is 0 Å². The molecule has 0 saturated carbocycles. The molecule has 1 heterocycles. The lowest BCUT2D eigenvalue weighted by molar-refractivity contribution is 0.788. The van der Waals surface area contributed by atoms with Crippen molar-refractivity contribution in [2.24, 2.45) is 0 Å². The minimum Gasteiger partial charge on any atom is -0.319 e. The highest BCUT2D eigenvalue weighted by Gasteiger charge is 1.90. The van der Waals surface area contributed by atoms with Gasteiger partial charge in [0, 0.05) is 11.9 Å². The Morgan fingerprint density at radius 3 is 2.82 bits per heavy atom. The number of likely N-dealkylation sites (N-methyl/N-ethyl adjacent to an activating group) is 1. The maximum absolute atomic E-state index is 4.20. The first-order valence-electron chi connectivity index (χ1n) is 3.89. The van der Waals surface area contributed by atoms with Crippen LogP contribution in [-0.2, 0) is 6.42 Å². The van der Waals surface area contributed by atoms with Crippen molar-refractivity contribution in [1.82, 2.24) is 10.3 Å². The van der Waals surface area contributed by atoms with Gasteiger partial charge in [0.05, 0.1) is 0 Å². The summed E-state index contributed by atoms with van der Waals surface area (Å²) < 4.78 is 0. The number of aromatic nitrogens is 1. The van der Waals surface area contributed by atoms with Gasteiger partial charge < -0.3 is 5.32 Å². The molecule has 0 unspecified atom stereocenters. The van der Waals surface area contributed by atoms with Crippen molar-refractivity contribution >= 4 is 0 Å². The SMILES string of the molecule is CNCCc1ccc(C)nc1. The third-order valence-electron chi connectivity index (χ3n) is 1.64. The van der Waals surface area contributed by atoms with Gasteiger partial charge in [0.1, 0.15) is 0 Å². The first-order valence-corrected chi connectivity index (χ1v) is 3.89. The van der Waals surface area contributed by atoms with Crippen molar-refractivity contribution in [3.8, 4) is 0 Å². The minimum absolute atomic E-state index is 1.02. The van der Waals surface area contributed by atoms with Crippen LogP contribution in [0.5, 0.6) is 0 Å². The lowest BCUT2D eigenvalue weighted by atomic mass is 10.2. The van der Waals surface area contributed by atoms with Gasteiger partial charge in [0.2, 0.25) is 0 Å². The van der Waals surface area contributed by atoms with Crippen LogP contribution < -0.4 is 5.32 Å². The fraction of sp³-hybridized carbons (Fsp3) is 0.444. The quantitative estimate of drug-likeness (QED) is 0.699. The Kier molecular flexibility index (Phi) is 3.05. The zero-order chi connectivity index (χ0) is 8.10. The van der Waals surface area contributed by atoms with E-state index in [0.29, 0.717) is 0 Å². The average molecular weight is 150 g/mol. The standard InChI is InChI=1S/C9H14N2/c1-8-3-4-9(7-11-8)5-6-10-2/h3-4,7,10H,5-6H2,1-2H3. The summed E-state index contributed by atoms with van der Waals surface area (Å²) in [5.41, 5.74) is 2.38. The summed E-state index contributed by atoms with van der Waals surface area (Å²) in [5, 5.41) is 3.10. The number of hydrogen-bond acceptors (Lipinski definition) is 2. The molecule has 0 aliphatic heterocycles. The van der Waals surface area contributed by atoms with Gasteiger partial charge in [-0.1, -0.05) is 6.07 Å². The van der Waals surface area contributed by atoms with E-state index in [-0.39, 0.29) is 0 Å². The van der Waals surface area contributed by atoms with Gasteiger partial charge in [-0.15, -0.1) is 0 Å². The van der Waals surface area contributed by atoms with Crippen molar-refractivity contribution in [3.63, 3.8) is 0 Å². The normalized spacial score (nSPS) is 10.0. The summed E-state index contributed by atoms with van der Waals surface area (Å²) in [6, 6.07) is 4.17. The topological polar surface area (TPSA) is 24.9 Å². The molecule has 0 saturated heterocycles. The Hall–Kier alpha value is -0.890. The second-order valence-corrected chi connectivity index (χ2v) is 2.66. The summed E-state index contributed by atoms with van der Waals surface area (Å²) in [4.78, 5) is 4.20. The van der Waals surface area contributed by atoms with Crippen molar-refractivity contribution in [2.75, 3.05) is 13.6 Å². The summed E-state index contributed by atoms with van der Waals surface area (Å²) in [6.45, 7) is 3.02. The highest BCUT2D eigenvalue weighted by molar-refractivity contribution is 5.13. The largest absolute Gasteiger partial charge is 0.319 e. The van der Waals surface area contributed by atoms with E-state index in [2.05, 4.69) is 16.4 Å². The molecule has 0 aliphatic rings. The molecule has 0 fully saturated rings. The number of hydrogen-bond donors (Lipinski definition) is 1. The zero-order valence-electron chi connectivity index (χ0n) is 7.09. The number of rotatable bonds is 3. The minimum atomic E-state index is 1.02. The molecule has 0 amide bonds. The molecule has 0 atom stereocenters. The van der Waals surface area contributed by atoms with E-state index in [4.69, 9.17) is 0 Å². The van der Waals surface area contributed by atoms with E-state index in [1.807, 2.05) is 26.2 Å². The molecule has 1 N–H and O–H groups in total. The molecular weight excluding hydrogens is 136 g/mol. The summed E-state index contributed by atoms with van der Waals surface area (Å²) in [5.74, 6) is 0. The first kappa shape index (κ1) is 8.21. The molecule has 0 aromatic carbocycles. The van der Waals surface area contributed by atoms with Crippen molar-refractivity contribution in [2.45, 2.75) is 13.3 Å². The van der Waals surface area contributed by atoms with E-state index in [9.17, 15) is 0 Å². The maximum atomic E-state index is 4.20. The van der Waals surface area contributed by atoms with Gasteiger partial charge >= 0.3 is 0 Å². The zero-order valence-corrected chi connectivity index (χ0v) is 7.09. The monoisotopic (exact) mass is 150 g/mol. The van der Waals surface area contributed by atoms with Crippen LogP contribution in [0, 0.1) is 6.92 Å². The lowest BCUT2D eigenvalue weighted by Gasteiger charge is -1.99. The maximum Gasteiger partial charge on any atom is 0.0372 e. The summed E-state index contributed by atoms with van der Waals surface area (Å²) >= 11 is 0. The molecule has 0 aliphatic carbocycles. The van der Waals surface area contributed by atoms with Crippen LogP contribution in [0.1, 0.15) is 11.3 Å². The van der Waals surface area contributed by atoms with Crippen molar-refractivity contribution in [1.29, 1.82) is 0 Å². The molecule has 11 heavy (non-hydrogen) atoms. The second-order valence-electron chi connectivity index (χ2n) is 2.66. The van der Waals surface area contributed by atoms with Crippen LogP contribution in [0.25, 0.3) is 0 Å². The van der Waals surface area contributed by atoms with E-state index < -0.39 is 0 Å². The summed E-state index contributed by atoms with van der Waals surface area (Å²) in [6.07, 6.45) is 3.00. The van der Waals surface area contributed by atoms with Crippen LogP contribution in [0.15, 0.2) is 18.3 Å². The first-order chi connectivity index (χ1) is 5.33. The molecule has 2 nitrogen and oxygen atoms in total. The predicted molar refractivity (Wildman–Crippen MR) is 46.6 cm³/mol. The van der Waals surface area contributed by atoms with Crippen LogP contribution in [0.4, 0.5) is 0 Å². The lowest BCUT2D eigenvalue weighted by Crippen LogP contribution is -2.10. The number of aryl methyl sites for hydroxylation is 1. The van der Waals surface area contributed by atoms with Gasteiger partial charge in [-0.05, 0) is 38.6 Å². The van der Waals surface area contributed by atoms with Crippen molar-refractivity contribution < 1.29 is 0 Å². The van der Waals surface area contributed by atoms with Gasteiger partial charge in [0.25, 0.3) is 0 Å². The molecule has 60 valence electrons. The van der Waals surface area contributed by atoms with E-state index in [1.54, 1.807) is 0 Å². The molecule has 0 bridgehead atoms. The second kappa shape index (κ2) is 4.09. The third kappa shape index (κ3) is 2.68. The van der Waals surface area contributed by atoms with Crippen LogP contribution in [-0.4, -0.2) is 18.6 Å². The van der Waals surface area contributed by atoms with Gasteiger partial charge in [0.15, 0.2) is 0 Å². The van der Waals surface area contributed by atoms with E-state index >= 15 is 0 Å². The Morgan fingerprint density at radius 2 is 2.27 bits per heavy atom. The molecule has 1 aromatic heterocycles. The smallest absolute Gasteiger partial charge is 0.0372 e. The molecule has 1 aromatic rings. The number of nitrogens with zero attached hydrogens (tertiary/aromatic N) is 1. The van der Waals surface area contributed by atoms with E-state index in [0.717, 1.165) is 18.7 Å². The highest BCUT2D eigenvalue weighted by atomic mass is 14.8. The van der Waals surface area contributed by atoms with Crippen LogP contribution in [0.2, 0.25) is 0 Å². The van der Waals surface area contributed by atoms with Crippen LogP contribution >= 0.6 is 0 Å². The Labute approximate surface area is 67.7 Å². The molecular formula is C9H14N2. The predicted octanol–water partition coefficient (Wildman–Crippen LogP) is 1.15. The van der Waals surface area contributed by atoms with Gasteiger partial charge in [-0.25, -0.2) is 0 Å². The molecule has 0 radical (unpaired) electrons. The van der Waals surface area contributed by atoms with Crippen molar-refractivity contribution in [3.05, 3.63) is 29.6 Å². The number of nitrogens with one attached hydrogen (secondary N) is 1. The van der Waals surface area contributed by atoms with Crippen LogP contribution in [0.3, 0.4) is 0 Å². The Morgan fingerprint density at radius 1 is 1.45 bits per heavy atom. The Balaban J connectivity index is 2.52. The molecule has 1 rings (SSSR count).